The maximum absolute atomic E-state index is 9.05. The number of hydrogen-bond donors (Lipinski definition) is 2. The first-order valence-electron chi connectivity index (χ1n) is 14.7. The molecule has 1 unspecified atom stereocenters. The molecular weight excluding hydrogens is 506 g/mol. The molecule has 204 valence electrons. The summed E-state index contributed by atoms with van der Waals surface area (Å²) in [6, 6.07) is 32.1. The summed E-state index contributed by atoms with van der Waals surface area (Å²) in [6.07, 6.45) is 9.42. The Kier molecular flexibility index (Phi) is 8.25. The van der Waals surface area contributed by atoms with E-state index in [2.05, 4.69) is 91.2 Å². The molecule has 1 aliphatic rings. The number of benzene rings is 5. The smallest absolute Gasteiger partial charge is 0.0431 e. The first-order chi connectivity index (χ1) is 19.7. The minimum atomic E-state index is 0.273. The fraction of sp³-hybridized carbons (Fsp3) is 0.297. The van der Waals surface area contributed by atoms with Crippen LogP contribution < -0.4 is 5.73 Å². The summed E-state index contributed by atoms with van der Waals surface area (Å²) in [7, 11) is 0. The molecular formula is C37H39NOS. The van der Waals surface area contributed by atoms with Gasteiger partial charge in [0.15, 0.2) is 0 Å². The third kappa shape index (κ3) is 5.43. The number of aliphatic hydroxyl groups excluding tert-OH is 1. The van der Waals surface area contributed by atoms with Gasteiger partial charge in [-0.2, -0.15) is 0 Å². The second-order valence-electron chi connectivity index (χ2n) is 11.3. The standard InChI is InChI=1S/C37H39NOS/c1-40-37-23-36-32-17-15-28(21-29(32)16-18-34(36)33-7-2-3-8-35(33)37)27-13-14-30(24-38)31(22-27)20-26-11-9-25(10-12-26)6-4-5-19-39/h2-3,7-14,16,18,22-23,28,39H,4-6,15,17,19-21,24,38H2,1H3. The summed E-state index contributed by atoms with van der Waals surface area (Å²) in [5.74, 6) is 0.532. The van der Waals surface area contributed by atoms with Crippen LogP contribution in [0.4, 0.5) is 0 Å². The summed E-state index contributed by atoms with van der Waals surface area (Å²) in [5, 5.41) is 14.6. The lowest BCUT2D eigenvalue weighted by Crippen LogP contribution is -2.14. The van der Waals surface area contributed by atoms with Gasteiger partial charge in [-0.25, -0.2) is 0 Å². The summed E-state index contributed by atoms with van der Waals surface area (Å²) in [4.78, 5) is 1.37. The fourth-order valence-electron chi connectivity index (χ4n) is 6.63. The number of unbranched alkanes of at least 4 members (excludes halogenated alkanes) is 1. The highest BCUT2D eigenvalue weighted by atomic mass is 32.2. The average molecular weight is 546 g/mol. The van der Waals surface area contributed by atoms with Crippen LogP contribution in [-0.2, 0) is 32.2 Å². The Morgan fingerprint density at radius 1 is 0.800 bits per heavy atom. The SMILES string of the molecule is CSc1cc2c3c(ccc2c2ccccc12)CC(c1ccc(CN)c(Cc2ccc(CCCCO)cc2)c1)CC3. The number of thioether (sulfide) groups is 1. The van der Waals surface area contributed by atoms with E-state index in [-0.39, 0.29) is 6.61 Å². The van der Waals surface area contributed by atoms with Gasteiger partial charge in [0, 0.05) is 18.0 Å². The van der Waals surface area contributed by atoms with Crippen molar-refractivity contribution in [2.75, 3.05) is 12.9 Å². The van der Waals surface area contributed by atoms with E-state index in [1.165, 1.54) is 66.2 Å². The molecule has 3 heteroatoms. The van der Waals surface area contributed by atoms with Gasteiger partial charge in [0.05, 0.1) is 0 Å². The second kappa shape index (κ2) is 12.2. The number of fused-ring (bicyclic) bond motifs is 5. The minimum Gasteiger partial charge on any atom is -0.396 e. The van der Waals surface area contributed by atoms with E-state index in [0.29, 0.717) is 12.5 Å². The first kappa shape index (κ1) is 27.1. The highest BCUT2D eigenvalue weighted by molar-refractivity contribution is 7.98. The molecule has 6 rings (SSSR count). The van der Waals surface area contributed by atoms with Crippen LogP contribution in [0.2, 0.25) is 0 Å². The predicted molar refractivity (Wildman–Crippen MR) is 172 cm³/mol. The Bertz CT molecular complexity index is 1640. The van der Waals surface area contributed by atoms with E-state index in [4.69, 9.17) is 10.8 Å². The van der Waals surface area contributed by atoms with Crippen LogP contribution in [0.25, 0.3) is 21.5 Å². The Balaban J connectivity index is 1.26. The zero-order chi connectivity index (χ0) is 27.5. The summed E-state index contributed by atoms with van der Waals surface area (Å²) < 4.78 is 0. The number of nitrogens with two attached hydrogens (primary N) is 1. The molecule has 0 aromatic heterocycles. The molecule has 3 N–H and O–H groups in total. The lowest BCUT2D eigenvalue weighted by Gasteiger charge is -2.27. The van der Waals surface area contributed by atoms with Crippen molar-refractivity contribution in [2.24, 2.45) is 5.73 Å². The van der Waals surface area contributed by atoms with Crippen LogP contribution in [0.15, 0.2) is 89.8 Å². The lowest BCUT2D eigenvalue weighted by atomic mass is 9.77. The zero-order valence-corrected chi connectivity index (χ0v) is 24.3. The zero-order valence-electron chi connectivity index (χ0n) is 23.5. The van der Waals surface area contributed by atoms with Crippen molar-refractivity contribution >= 4 is 33.3 Å². The molecule has 1 atom stereocenters. The van der Waals surface area contributed by atoms with Crippen LogP contribution >= 0.6 is 11.8 Å². The molecule has 5 aromatic carbocycles. The summed E-state index contributed by atoms with van der Waals surface area (Å²) >= 11 is 1.85. The maximum atomic E-state index is 9.05. The highest BCUT2D eigenvalue weighted by Crippen LogP contribution is 2.41. The van der Waals surface area contributed by atoms with Gasteiger partial charge in [-0.3, -0.25) is 0 Å². The number of hydrogen-bond acceptors (Lipinski definition) is 3. The van der Waals surface area contributed by atoms with Crippen molar-refractivity contribution in [3.8, 4) is 0 Å². The van der Waals surface area contributed by atoms with Gasteiger partial charge in [-0.1, -0.05) is 78.9 Å². The molecule has 0 saturated heterocycles. The molecule has 0 heterocycles. The van der Waals surface area contributed by atoms with E-state index < -0.39 is 0 Å². The quantitative estimate of drug-likeness (QED) is 0.111. The fourth-order valence-corrected chi connectivity index (χ4v) is 7.26. The van der Waals surface area contributed by atoms with Gasteiger partial charge in [-0.05, 0) is 124 Å². The lowest BCUT2D eigenvalue weighted by molar-refractivity contribution is 0.284. The van der Waals surface area contributed by atoms with Gasteiger partial charge < -0.3 is 10.8 Å². The Labute approximate surface area is 242 Å². The van der Waals surface area contributed by atoms with Gasteiger partial charge >= 0.3 is 0 Å². The third-order valence-corrected chi connectivity index (χ3v) is 9.63. The van der Waals surface area contributed by atoms with Crippen molar-refractivity contribution in [3.05, 3.63) is 124 Å². The van der Waals surface area contributed by atoms with Gasteiger partial charge in [0.25, 0.3) is 0 Å². The van der Waals surface area contributed by atoms with Crippen molar-refractivity contribution < 1.29 is 5.11 Å². The molecule has 0 aliphatic heterocycles. The Morgan fingerprint density at radius 3 is 2.35 bits per heavy atom. The average Bonchev–Trinajstić information content (AvgIpc) is 3.01. The van der Waals surface area contributed by atoms with Gasteiger partial charge in [-0.15, -0.1) is 11.8 Å². The van der Waals surface area contributed by atoms with Crippen molar-refractivity contribution in [2.45, 2.75) is 62.3 Å². The number of aryl methyl sites for hydroxylation is 2. The Morgan fingerprint density at radius 2 is 1.57 bits per heavy atom. The maximum Gasteiger partial charge on any atom is 0.0431 e. The molecule has 1 aliphatic carbocycles. The summed E-state index contributed by atoms with van der Waals surface area (Å²) in [5.41, 5.74) is 16.0. The predicted octanol–water partition coefficient (Wildman–Crippen LogP) is 8.35. The number of aliphatic hydroxyl groups is 1. The molecule has 0 spiro atoms. The van der Waals surface area contributed by atoms with E-state index in [1.807, 2.05) is 11.8 Å². The van der Waals surface area contributed by atoms with E-state index >= 15 is 0 Å². The van der Waals surface area contributed by atoms with Crippen LogP contribution in [-0.4, -0.2) is 18.0 Å². The van der Waals surface area contributed by atoms with Crippen LogP contribution in [0, 0.1) is 0 Å². The molecule has 0 radical (unpaired) electrons. The molecule has 0 fully saturated rings. The third-order valence-electron chi connectivity index (χ3n) is 8.85. The Hall–Kier alpha value is -3.11. The van der Waals surface area contributed by atoms with Gasteiger partial charge in [0.1, 0.15) is 0 Å². The van der Waals surface area contributed by atoms with E-state index in [0.717, 1.165) is 38.5 Å². The molecule has 0 amide bonds. The van der Waals surface area contributed by atoms with Crippen molar-refractivity contribution in [1.29, 1.82) is 0 Å². The first-order valence-corrected chi connectivity index (χ1v) is 15.9. The van der Waals surface area contributed by atoms with Crippen LogP contribution in [0.5, 0.6) is 0 Å². The molecule has 0 bridgehead atoms. The topological polar surface area (TPSA) is 46.2 Å². The van der Waals surface area contributed by atoms with E-state index in [9.17, 15) is 0 Å². The monoisotopic (exact) mass is 545 g/mol. The molecule has 40 heavy (non-hydrogen) atoms. The molecule has 0 saturated carbocycles. The van der Waals surface area contributed by atoms with Crippen molar-refractivity contribution in [3.63, 3.8) is 0 Å². The summed E-state index contributed by atoms with van der Waals surface area (Å²) in [6.45, 7) is 0.843. The van der Waals surface area contributed by atoms with Crippen molar-refractivity contribution in [1.82, 2.24) is 0 Å². The molecule has 2 nitrogen and oxygen atoms in total. The second-order valence-corrected chi connectivity index (χ2v) is 12.1. The highest BCUT2D eigenvalue weighted by Gasteiger charge is 2.23. The van der Waals surface area contributed by atoms with Gasteiger partial charge in [0.2, 0.25) is 0 Å². The van der Waals surface area contributed by atoms with Crippen LogP contribution in [0.3, 0.4) is 0 Å². The number of rotatable bonds is 9. The van der Waals surface area contributed by atoms with E-state index in [1.54, 1.807) is 5.56 Å². The largest absolute Gasteiger partial charge is 0.396 e. The molecule has 5 aromatic rings. The van der Waals surface area contributed by atoms with Crippen LogP contribution in [0.1, 0.15) is 64.1 Å². The minimum absolute atomic E-state index is 0.273. The normalized spacial score (nSPS) is 15.0.